The molecular weight excluding hydrogens is 288 g/mol. The molecule has 1 amide bonds. The summed E-state index contributed by atoms with van der Waals surface area (Å²) in [5.41, 5.74) is 7.42. The molecule has 0 bridgehead atoms. The Hall–Kier alpha value is -2.04. The molecule has 4 nitrogen and oxygen atoms in total. The van der Waals surface area contributed by atoms with E-state index in [9.17, 15) is 4.79 Å². The molecule has 0 aromatic heterocycles. The zero-order valence-corrected chi connectivity index (χ0v) is 12.4. The van der Waals surface area contributed by atoms with Crippen LogP contribution < -0.4 is 15.8 Å². The van der Waals surface area contributed by atoms with E-state index in [1.165, 1.54) is 0 Å². The van der Waals surface area contributed by atoms with E-state index < -0.39 is 0 Å². The summed E-state index contributed by atoms with van der Waals surface area (Å²) in [6.07, 6.45) is 0. The Morgan fingerprint density at radius 1 is 1.29 bits per heavy atom. The van der Waals surface area contributed by atoms with Gasteiger partial charge in [-0.3, -0.25) is 4.79 Å². The van der Waals surface area contributed by atoms with Gasteiger partial charge in [-0.25, -0.2) is 0 Å². The first-order valence-corrected chi connectivity index (χ1v) is 6.97. The molecule has 0 aliphatic heterocycles. The van der Waals surface area contributed by atoms with Crippen LogP contribution in [0.25, 0.3) is 0 Å². The Kier molecular flexibility index (Phi) is 5.20. The lowest BCUT2D eigenvalue weighted by Gasteiger charge is -2.11. The third-order valence-corrected chi connectivity index (χ3v) is 3.19. The highest BCUT2D eigenvalue weighted by molar-refractivity contribution is 6.32. The van der Waals surface area contributed by atoms with Crippen molar-refractivity contribution >= 4 is 23.2 Å². The minimum atomic E-state index is -0.242. The monoisotopic (exact) mass is 304 g/mol. The lowest BCUT2D eigenvalue weighted by atomic mass is 10.1. The van der Waals surface area contributed by atoms with Crippen LogP contribution in [0.4, 0.5) is 5.69 Å². The molecule has 0 heterocycles. The summed E-state index contributed by atoms with van der Waals surface area (Å²) in [5.74, 6) is 0.220. The van der Waals surface area contributed by atoms with E-state index in [0.29, 0.717) is 10.8 Å². The van der Waals surface area contributed by atoms with Gasteiger partial charge in [-0.15, -0.1) is 0 Å². The Bertz CT molecular complexity index is 615. The largest absolute Gasteiger partial charge is 0.482 e. The topological polar surface area (TPSA) is 64.3 Å². The number of carbonyl (C=O) groups excluding carboxylic acids is 1. The number of para-hydroxylation sites is 1. The number of anilines is 1. The highest BCUT2D eigenvalue weighted by Crippen LogP contribution is 2.27. The summed E-state index contributed by atoms with van der Waals surface area (Å²) in [5, 5.41) is 3.18. The van der Waals surface area contributed by atoms with Crippen LogP contribution >= 0.6 is 11.6 Å². The summed E-state index contributed by atoms with van der Waals surface area (Å²) in [6, 6.07) is 14.4. The first-order valence-electron chi connectivity index (χ1n) is 6.59. The van der Waals surface area contributed by atoms with Crippen LogP contribution in [-0.4, -0.2) is 12.5 Å². The van der Waals surface area contributed by atoms with Gasteiger partial charge < -0.3 is 15.8 Å². The number of hydrogen-bond donors (Lipinski definition) is 2. The maximum Gasteiger partial charge on any atom is 0.262 e. The molecule has 3 N–H and O–H groups in total. The fraction of sp³-hybridized carbons (Fsp3) is 0.188. The molecule has 0 spiro atoms. The molecule has 0 fully saturated rings. The van der Waals surface area contributed by atoms with E-state index in [-0.39, 0.29) is 18.6 Å². The van der Waals surface area contributed by atoms with Gasteiger partial charge >= 0.3 is 0 Å². The van der Waals surface area contributed by atoms with Crippen molar-refractivity contribution in [2.24, 2.45) is 5.73 Å². The van der Waals surface area contributed by atoms with Gasteiger partial charge in [0.15, 0.2) is 6.61 Å². The van der Waals surface area contributed by atoms with Crippen molar-refractivity contribution in [2.75, 3.05) is 11.9 Å². The van der Waals surface area contributed by atoms with Gasteiger partial charge in [0.1, 0.15) is 5.75 Å². The molecule has 0 saturated heterocycles. The normalized spacial score (nSPS) is 11.8. The second-order valence-corrected chi connectivity index (χ2v) is 5.09. The fourth-order valence-corrected chi connectivity index (χ4v) is 2.02. The molecule has 0 saturated carbocycles. The van der Waals surface area contributed by atoms with Crippen LogP contribution in [0.5, 0.6) is 5.75 Å². The van der Waals surface area contributed by atoms with Gasteiger partial charge in [0.05, 0.1) is 5.02 Å². The van der Waals surface area contributed by atoms with Crippen LogP contribution in [0.3, 0.4) is 0 Å². The number of nitrogens with two attached hydrogens (primary N) is 1. The molecule has 21 heavy (non-hydrogen) atoms. The lowest BCUT2D eigenvalue weighted by molar-refractivity contribution is -0.118. The highest BCUT2D eigenvalue weighted by atomic mass is 35.5. The van der Waals surface area contributed by atoms with Crippen LogP contribution in [-0.2, 0) is 4.79 Å². The maximum atomic E-state index is 11.8. The Labute approximate surface area is 128 Å². The predicted molar refractivity (Wildman–Crippen MR) is 84.6 cm³/mol. The van der Waals surface area contributed by atoms with Crippen molar-refractivity contribution in [2.45, 2.75) is 13.0 Å². The number of carbonyl (C=O) groups is 1. The Morgan fingerprint density at radius 3 is 2.62 bits per heavy atom. The fourth-order valence-electron chi connectivity index (χ4n) is 1.78. The third-order valence-electron chi connectivity index (χ3n) is 2.90. The molecule has 0 radical (unpaired) electrons. The number of ether oxygens (including phenoxy) is 1. The van der Waals surface area contributed by atoms with E-state index in [2.05, 4.69) is 5.32 Å². The average molecular weight is 305 g/mol. The van der Waals surface area contributed by atoms with Gasteiger partial charge in [-0.1, -0.05) is 35.9 Å². The smallest absolute Gasteiger partial charge is 0.262 e. The Morgan fingerprint density at radius 2 is 2.00 bits per heavy atom. The summed E-state index contributed by atoms with van der Waals surface area (Å²) in [6.45, 7) is 1.77. The second kappa shape index (κ2) is 7.11. The van der Waals surface area contributed by atoms with Gasteiger partial charge in [0, 0.05) is 11.7 Å². The zero-order valence-electron chi connectivity index (χ0n) is 11.7. The third kappa shape index (κ3) is 4.48. The van der Waals surface area contributed by atoms with Crippen molar-refractivity contribution in [1.82, 2.24) is 0 Å². The first-order chi connectivity index (χ1) is 10.1. The SMILES string of the molecule is CC(N)c1ccc(OCC(=O)Nc2ccccc2)c(Cl)c1. The molecule has 0 aliphatic carbocycles. The minimum Gasteiger partial charge on any atom is -0.482 e. The number of amides is 1. The van der Waals surface area contributed by atoms with Crippen molar-refractivity contribution in [3.05, 3.63) is 59.1 Å². The van der Waals surface area contributed by atoms with Gasteiger partial charge in [-0.05, 0) is 36.8 Å². The molecule has 2 rings (SSSR count). The Balaban J connectivity index is 1.92. The van der Waals surface area contributed by atoms with Crippen molar-refractivity contribution < 1.29 is 9.53 Å². The lowest BCUT2D eigenvalue weighted by Crippen LogP contribution is -2.20. The number of halogens is 1. The number of benzene rings is 2. The molecule has 2 aromatic carbocycles. The molecule has 5 heteroatoms. The molecule has 1 unspecified atom stereocenters. The number of rotatable bonds is 5. The van der Waals surface area contributed by atoms with Crippen LogP contribution in [0.1, 0.15) is 18.5 Å². The first kappa shape index (κ1) is 15.4. The molecule has 2 aromatic rings. The highest BCUT2D eigenvalue weighted by Gasteiger charge is 2.08. The number of nitrogens with one attached hydrogen (secondary N) is 1. The van der Waals surface area contributed by atoms with Crippen LogP contribution in [0.15, 0.2) is 48.5 Å². The molecular formula is C16H17ClN2O2. The van der Waals surface area contributed by atoms with Gasteiger partial charge in [-0.2, -0.15) is 0 Å². The summed E-state index contributed by atoms with van der Waals surface area (Å²) in [4.78, 5) is 11.8. The van der Waals surface area contributed by atoms with Crippen molar-refractivity contribution in [3.8, 4) is 5.75 Å². The summed E-state index contributed by atoms with van der Waals surface area (Å²) in [7, 11) is 0. The molecule has 0 aliphatic rings. The molecule has 1 atom stereocenters. The van der Waals surface area contributed by atoms with Crippen molar-refractivity contribution in [3.63, 3.8) is 0 Å². The minimum absolute atomic E-state index is 0.0991. The zero-order chi connectivity index (χ0) is 15.2. The van der Waals surface area contributed by atoms with E-state index in [1.54, 1.807) is 12.1 Å². The van der Waals surface area contributed by atoms with Crippen LogP contribution in [0, 0.1) is 0 Å². The van der Waals surface area contributed by atoms with E-state index >= 15 is 0 Å². The van der Waals surface area contributed by atoms with E-state index in [1.807, 2.05) is 43.3 Å². The molecule has 110 valence electrons. The summed E-state index contributed by atoms with van der Waals surface area (Å²) >= 11 is 6.10. The van der Waals surface area contributed by atoms with E-state index in [4.69, 9.17) is 22.1 Å². The summed E-state index contributed by atoms with van der Waals surface area (Å²) < 4.78 is 5.42. The maximum absolute atomic E-state index is 11.8. The quantitative estimate of drug-likeness (QED) is 0.890. The van der Waals surface area contributed by atoms with Crippen LogP contribution in [0.2, 0.25) is 5.02 Å². The second-order valence-electron chi connectivity index (χ2n) is 4.68. The van der Waals surface area contributed by atoms with Crippen molar-refractivity contribution in [1.29, 1.82) is 0 Å². The van der Waals surface area contributed by atoms with Gasteiger partial charge in [0.25, 0.3) is 5.91 Å². The average Bonchev–Trinajstić information content (AvgIpc) is 2.47. The number of hydrogen-bond acceptors (Lipinski definition) is 3. The standard InChI is InChI=1S/C16H17ClN2O2/c1-11(18)12-7-8-15(14(17)9-12)21-10-16(20)19-13-5-3-2-4-6-13/h2-9,11H,10,18H2,1H3,(H,19,20). The van der Waals surface area contributed by atoms with E-state index in [0.717, 1.165) is 11.3 Å². The van der Waals surface area contributed by atoms with Gasteiger partial charge in [0.2, 0.25) is 0 Å². The predicted octanol–water partition coefficient (Wildman–Crippen LogP) is 3.38.